The maximum Gasteiger partial charge on any atom is 0.241 e. The molecule has 1 aromatic carbocycles. The summed E-state index contributed by atoms with van der Waals surface area (Å²) in [5.41, 5.74) is 0. The third-order valence-electron chi connectivity index (χ3n) is 2.13. The number of carboxylic acid groups (broad SMARTS) is 1. The van der Waals surface area contributed by atoms with Crippen LogP contribution >= 0.6 is 0 Å². The van der Waals surface area contributed by atoms with Crippen LogP contribution in [0.2, 0.25) is 0 Å². The Morgan fingerprint density at radius 2 is 2.00 bits per heavy atom. The van der Waals surface area contributed by atoms with Gasteiger partial charge in [0.25, 0.3) is 0 Å². The SMILES string of the molecule is COc1ccc(S(=O)(=O)N[C@H](CO)C(=O)[O-])cc1. The Morgan fingerprint density at radius 1 is 1.44 bits per heavy atom. The number of nitrogens with one attached hydrogen (secondary N) is 1. The average Bonchev–Trinajstić information content (AvgIpc) is 2.35. The van der Waals surface area contributed by atoms with Gasteiger partial charge in [0.15, 0.2) is 0 Å². The predicted octanol–water partition coefficient (Wildman–Crippen LogP) is -1.92. The van der Waals surface area contributed by atoms with Gasteiger partial charge in [0, 0.05) is 0 Å². The van der Waals surface area contributed by atoms with Crippen LogP contribution in [-0.4, -0.2) is 39.3 Å². The number of methoxy groups -OCH3 is 1. The molecule has 0 radical (unpaired) electrons. The van der Waals surface area contributed by atoms with Crippen LogP contribution in [0.1, 0.15) is 0 Å². The molecule has 1 aromatic rings. The molecular formula is C10H12NO6S-. The zero-order valence-electron chi connectivity index (χ0n) is 9.49. The molecule has 0 saturated carbocycles. The summed E-state index contributed by atoms with van der Waals surface area (Å²) in [7, 11) is -2.60. The number of aliphatic hydroxyl groups excluding tert-OH is 1. The van der Waals surface area contributed by atoms with E-state index in [9.17, 15) is 18.3 Å². The minimum Gasteiger partial charge on any atom is -0.548 e. The molecule has 7 nitrogen and oxygen atoms in total. The van der Waals surface area contributed by atoms with E-state index >= 15 is 0 Å². The number of carbonyl (C=O) groups is 1. The Morgan fingerprint density at radius 3 is 2.39 bits per heavy atom. The summed E-state index contributed by atoms with van der Waals surface area (Å²) in [4.78, 5) is 10.4. The van der Waals surface area contributed by atoms with E-state index in [-0.39, 0.29) is 4.90 Å². The molecule has 8 heteroatoms. The van der Waals surface area contributed by atoms with E-state index in [0.29, 0.717) is 5.75 Å². The predicted molar refractivity (Wildman–Crippen MR) is 59.2 cm³/mol. The van der Waals surface area contributed by atoms with Gasteiger partial charge in [-0.15, -0.1) is 0 Å². The molecular weight excluding hydrogens is 262 g/mol. The van der Waals surface area contributed by atoms with Crippen LogP contribution in [-0.2, 0) is 14.8 Å². The lowest BCUT2D eigenvalue weighted by Gasteiger charge is -2.17. The van der Waals surface area contributed by atoms with Crippen molar-refractivity contribution < 1.29 is 28.2 Å². The third kappa shape index (κ3) is 3.42. The number of ether oxygens (including phenoxy) is 1. The zero-order chi connectivity index (χ0) is 13.8. The van der Waals surface area contributed by atoms with E-state index in [0.717, 1.165) is 0 Å². The van der Waals surface area contributed by atoms with E-state index in [4.69, 9.17) is 9.84 Å². The Labute approximate surface area is 104 Å². The fourth-order valence-corrected chi connectivity index (χ4v) is 2.35. The van der Waals surface area contributed by atoms with Gasteiger partial charge in [0.05, 0.1) is 30.6 Å². The molecule has 0 amide bonds. The first kappa shape index (κ1) is 14.4. The van der Waals surface area contributed by atoms with E-state index in [1.54, 1.807) is 0 Å². The van der Waals surface area contributed by atoms with Crippen LogP contribution in [0, 0.1) is 0 Å². The number of aliphatic carboxylic acids is 1. The van der Waals surface area contributed by atoms with Crippen LogP contribution in [0.25, 0.3) is 0 Å². The summed E-state index contributed by atoms with van der Waals surface area (Å²) >= 11 is 0. The number of carbonyl (C=O) groups excluding carboxylic acids is 1. The second kappa shape index (κ2) is 5.80. The van der Waals surface area contributed by atoms with Gasteiger partial charge < -0.3 is 19.7 Å². The summed E-state index contributed by atoms with van der Waals surface area (Å²) in [6, 6.07) is 3.66. The Balaban J connectivity index is 2.95. The van der Waals surface area contributed by atoms with Crippen LogP contribution in [0.5, 0.6) is 5.75 Å². The lowest BCUT2D eigenvalue weighted by molar-refractivity contribution is -0.308. The van der Waals surface area contributed by atoms with E-state index in [1.165, 1.54) is 31.4 Å². The zero-order valence-corrected chi connectivity index (χ0v) is 10.3. The Bertz CT molecular complexity index is 510. The van der Waals surface area contributed by atoms with Gasteiger partial charge in [-0.05, 0) is 24.3 Å². The van der Waals surface area contributed by atoms with Gasteiger partial charge in [0.1, 0.15) is 5.75 Å². The van der Waals surface area contributed by atoms with Crippen molar-refractivity contribution in [2.75, 3.05) is 13.7 Å². The van der Waals surface area contributed by atoms with Crippen molar-refractivity contribution in [3.05, 3.63) is 24.3 Å². The third-order valence-corrected chi connectivity index (χ3v) is 3.62. The largest absolute Gasteiger partial charge is 0.548 e. The summed E-state index contributed by atoms with van der Waals surface area (Å²) in [5, 5.41) is 19.2. The highest BCUT2D eigenvalue weighted by atomic mass is 32.2. The molecule has 0 aliphatic heterocycles. The second-order valence-electron chi connectivity index (χ2n) is 3.35. The van der Waals surface area contributed by atoms with Crippen molar-refractivity contribution in [3.8, 4) is 5.75 Å². The molecule has 100 valence electrons. The summed E-state index contributed by atoms with van der Waals surface area (Å²) in [6.45, 7) is -0.891. The maximum absolute atomic E-state index is 11.8. The highest BCUT2D eigenvalue weighted by molar-refractivity contribution is 7.89. The van der Waals surface area contributed by atoms with Crippen molar-refractivity contribution in [3.63, 3.8) is 0 Å². The van der Waals surface area contributed by atoms with Crippen molar-refractivity contribution >= 4 is 16.0 Å². The molecule has 0 aromatic heterocycles. The lowest BCUT2D eigenvalue weighted by atomic mass is 10.3. The molecule has 0 aliphatic carbocycles. The topological polar surface area (TPSA) is 116 Å². The summed E-state index contributed by atoms with van der Waals surface area (Å²) in [6.07, 6.45) is 0. The minimum atomic E-state index is -4.03. The normalized spacial score (nSPS) is 13.0. The van der Waals surface area contributed by atoms with Crippen LogP contribution in [0.15, 0.2) is 29.2 Å². The number of benzene rings is 1. The van der Waals surface area contributed by atoms with Gasteiger partial charge in [-0.1, -0.05) is 0 Å². The molecule has 0 bridgehead atoms. The molecule has 0 saturated heterocycles. The maximum atomic E-state index is 11.8. The van der Waals surface area contributed by atoms with Crippen LogP contribution in [0.3, 0.4) is 0 Å². The Kier molecular flexibility index (Phi) is 4.65. The van der Waals surface area contributed by atoms with E-state index < -0.39 is 28.6 Å². The first-order valence-corrected chi connectivity index (χ1v) is 6.37. The van der Waals surface area contributed by atoms with Gasteiger partial charge >= 0.3 is 0 Å². The highest BCUT2D eigenvalue weighted by Crippen LogP contribution is 2.15. The molecule has 1 rings (SSSR count). The van der Waals surface area contributed by atoms with Gasteiger partial charge in [-0.3, -0.25) is 0 Å². The first-order valence-electron chi connectivity index (χ1n) is 4.89. The number of aliphatic hydroxyl groups is 1. The summed E-state index contributed by atoms with van der Waals surface area (Å²) in [5.74, 6) is -1.23. The number of hydrogen-bond donors (Lipinski definition) is 2. The van der Waals surface area contributed by atoms with E-state index in [2.05, 4.69) is 0 Å². The standard InChI is InChI=1S/C10H13NO6S/c1-17-7-2-4-8(5-3-7)18(15,16)11-9(6-12)10(13)14/h2-5,9,11-12H,6H2,1H3,(H,13,14)/p-1/t9-/m1/s1. The van der Waals surface area contributed by atoms with Crippen LogP contribution < -0.4 is 14.6 Å². The van der Waals surface area contributed by atoms with Crippen molar-refractivity contribution in [1.82, 2.24) is 4.72 Å². The van der Waals surface area contributed by atoms with Gasteiger partial charge in [-0.25, -0.2) is 13.1 Å². The second-order valence-corrected chi connectivity index (χ2v) is 5.06. The summed E-state index contributed by atoms with van der Waals surface area (Å²) < 4.78 is 30.2. The molecule has 1 atom stereocenters. The fraction of sp³-hybridized carbons (Fsp3) is 0.300. The Hall–Kier alpha value is -1.64. The number of rotatable bonds is 6. The molecule has 0 unspecified atom stereocenters. The minimum absolute atomic E-state index is 0.136. The number of hydrogen-bond acceptors (Lipinski definition) is 6. The van der Waals surface area contributed by atoms with Crippen molar-refractivity contribution in [2.45, 2.75) is 10.9 Å². The van der Waals surface area contributed by atoms with Crippen LogP contribution in [0.4, 0.5) is 0 Å². The molecule has 0 heterocycles. The monoisotopic (exact) mass is 274 g/mol. The van der Waals surface area contributed by atoms with Crippen molar-refractivity contribution in [1.29, 1.82) is 0 Å². The lowest BCUT2D eigenvalue weighted by Crippen LogP contribution is -2.49. The average molecular weight is 274 g/mol. The van der Waals surface area contributed by atoms with Crippen molar-refractivity contribution in [2.24, 2.45) is 0 Å². The van der Waals surface area contributed by atoms with Gasteiger partial charge in [0.2, 0.25) is 10.0 Å². The molecule has 0 aliphatic rings. The molecule has 18 heavy (non-hydrogen) atoms. The molecule has 0 spiro atoms. The number of carboxylic acids is 1. The number of sulfonamides is 1. The fourth-order valence-electron chi connectivity index (χ4n) is 1.17. The molecule has 0 fully saturated rings. The first-order chi connectivity index (χ1) is 8.40. The highest BCUT2D eigenvalue weighted by Gasteiger charge is 2.20. The molecule has 2 N–H and O–H groups in total. The smallest absolute Gasteiger partial charge is 0.241 e. The quantitative estimate of drug-likeness (QED) is 0.625. The van der Waals surface area contributed by atoms with E-state index in [1.807, 2.05) is 4.72 Å². The van der Waals surface area contributed by atoms with Gasteiger partial charge in [-0.2, -0.15) is 0 Å².